The van der Waals surface area contributed by atoms with Gasteiger partial charge in [-0.2, -0.15) is 0 Å². The molecule has 1 aliphatic rings. The van der Waals surface area contributed by atoms with Gasteiger partial charge in [0.25, 0.3) is 8.32 Å². The van der Waals surface area contributed by atoms with Crippen LogP contribution < -0.4 is 10.4 Å². The van der Waals surface area contributed by atoms with Crippen LogP contribution >= 0.6 is 22.6 Å². The number of hydrogen-bond acceptors (Lipinski definition) is 1. The zero-order valence-electron chi connectivity index (χ0n) is 14.0. The molecule has 3 aromatic carbocycles. The van der Waals surface area contributed by atoms with Crippen LogP contribution in [0.5, 0.6) is 0 Å². The average molecular weight is 456 g/mol. The second-order valence-electron chi connectivity index (χ2n) is 6.56. The van der Waals surface area contributed by atoms with Gasteiger partial charge in [-0.05, 0) is 28.4 Å². The Hall–Kier alpha value is -1.43. The lowest BCUT2D eigenvalue weighted by Crippen LogP contribution is -2.63. The van der Waals surface area contributed by atoms with Gasteiger partial charge in [-0.25, -0.2) is 0 Å². The molecule has 1 heterocycles. The van der Waals surface area contributed by atoms with E-state index in [9.17, 15) is 0 Å². The second kappa shape index (κ2) is 7.44. The molecule has 0 bridgehead atoms. The van der Waals surface area contributed by atoms with Crippen molar-refractivity contribution in [3.63, 3.8) is 0 Å². The molecule has 1 fully saturated rings. The number of halogens is 1. The Morgan fingerprint density at radius 1 is 0.720 bits per heavy atom. The van der Waals surface area contributed by atoms with Crippen molar-refractivity contribution in [3.05, 3.63) is 96.6 Å². The van der Waals surface area contributed by atoms with E-state index in [1.54, 1.807) is 0 Å². The molecule has 0 unspecified atom stereocenters. The predicted molar refractivity (Wildman–Crippen MR) is 115 cm³/mol. The molecule has 0 radical (unpaired) electrons. The van der Waals surface area contributed by atoms with Crippen molar-refractivity contribution in [1.82, 2.24) is 0 Å². The Morgan fingerprint density at radius 3 is 1.72 bits per heavy atom. The maximum absolute atomic E-state index is 7.08. The third kappa shape index (κ3) is 3.33. The third-order valence-corrected chi connectivity index (χ3v) is 10.5. The first kappa shape index (κ1) is 17.0. The standard InChI is InChI=1S/C22H21IOSi/c23-21-16-17-25(19-12-6-2-7-13-19,20-14-8-3-9-15-20)24-22(21)18-10-4-1-5-11-18/h1-15,21-22H,16-17H2/t21-,22+/m0/s1. The molecule has 0 spiro atoms. The van der Waals surface area contributed by atoms with E-state index in [-0.39, 0.29) is 6.10 Å². The van der Waals surface area contributed by atoms with Gasteiger partial charge in [-0.15, -0.1) is 0 Å². The van der Waals surface area contributed by atoms with Crippen LogP contribution in [0.25, 0.3) is 0 Å². The molecular weight excluding hydrogens is 435 g/mol. The Labute approximate surface area is 164 Å². The maximum atomic E-state index is 7.08. The van der Waals surface area contributed by atoms with Crippen LogP contribution in [0, 0.1) is 0 Å². The van der Waals surface area contributed by atoms with Gasteiger partial charge in [-0.1, -0.05) is 114 Å². The predicted octanol–water partition coefficient (Wildman–Crippen LogP) is 4.71. The van der Waals surface area contributed by atoms with Crippen molar-refractivity contribution in [1.29, 1.82) is 0 Å². The minimum absolute atomic E-state index is 0.155. The van der Waals surface area contributed by atoms with E-state index in [0.717, 1.165) is 6.04 Å². The lowest BCUT2D eigenvalue weighted by atomic mass is 10.1. The normalized spacial score (nSPS) is 22.4. The Bertz CT molecular complexity index is 768. The van der Waals surface area contributed by atoms with Crippen LogP contribution in [0.3, 0.4) is 0 Å². The highest BCUT2D eigenvalue weighted by atomic mass is 127. The lowest BCUT2D eigenvalue weighted by Gasteiger charge is -2.43. The molecule has 1 saturated heterocycles. The maximum Gasteiger partial charge on any atom is 0.256 e. The number of hydrogen-bond donors (Lipinski definition) is 0. The second-order valence-corrected chi connectivity index (χ2v) is 11.7. The molecule has 3 heteroatoms. The van der Waals surface area contributed by atoms with Gasteiger partial charge in [0.05, 0.1) is 6.10 Å². The monoisotopic (exact) mass is 456 g/mol. The van der Waals surface area contributed by atoms with Crippen LogP contribution in [0.1, 0.15) is 18.1 Å². The van der Waals surface area contributed by atoms with Crippen LogP contribution in [-0.4, -0.2) is 12.2 Å². The fraction of sp³-hybridized carbons (Fsp3) is 0.182. The molecule has 0 saturated carbocycles. The van der Waals surface area contributed by atoms with E-state index >= 15 is 0 Å². The van der Waals surface area contributed by atoms with Crippen molar-refractivity contribution in [3.8, 4) is 0 Å². The van der Waals surface area contributed by atoms with Gasteiger partial charge in [0.1, 0.15) is 0 Å². The quantitative estimate of drug-likeness (QED) is 0.315. The van der Waals surface area contributed by atoms with Gasteiger partial charge in [0.15, 0.2) is 0 Å². The van der Waals surface area contributed by atoms with Crippen LogP contribution in [-0.2, 0) is 4.43 Å². The summed E-state index contributed by atoms with van der Waals surface area (Å²) in [5, 5.41) is 2.76. The van der Waals surface area contributed by atoms with E-state index in [2.05, 4.69) is 114 Å². The minimum atomic E-state index is -2.23. The van der Waals surface area contributed by atoms with Gasteiger partial charge < -0.3 is 4.43 Å². The van der Waals surface area contributed by atoms with Gasteiger partial charge >= 0.3 is 0 Å². The largest absolute Gasteiger partial charge is 0.400 e. The van der Waals surface area contributed by atoms with Gasteiger partial charge in [0, 0.05) is 3.92 Å². The third-order valence-electron chi connectivity index (χ3n) is 5.04. The summed E-state index contributed by atoms with van der Waals surface area (Å²) >= 11 is 2.57. The molecule has 0 N–H and O–H groups in total. The summed E-state index contributed by atoms with van der Waals surface area (Å²) in [6, 6.07) is 33.6. The van der Waals surface area contributed by atoms with Crippen molar-refractivity contribution < 1.29 is 4.43 Å². The summed E-state index contributed by atoms with van der Waals surface area (Å²) in [6.45, 7) is 0. The molecule has 126 valence electrons. The molecule has 0 aliphatic carbocycles. The first-order chi connectivity index (χ1) is 12.3. The van der Waals surface area contributed by atoms with Crippen molar-refractivity contribution in [2.75, 3.05) is 0 Å². The zero-order chi connectivity index (χ0) is 17.1. The Morgan fingerprint density at radius 2 is 1.20 bits per heavy atom. The zero-order valence-corrected chi connectivity index (χ0v) is 17.2. The molecule has 4 rings (SSSR count). The van der Waals surface area contributed by atoms with E-state index in [1.807, 2.05) is 0 Å². The molecule has 1 nitrogen and oxygen atoms in total. The number of alkyl halides is 1. The van der Waals surface area contributed by atoms with E-state index in [4.69, 9.17) is 4.43 Å². The highest BCUT2D eigenvalue weighted by molar-refractivity contribution is 14.1. The fourth-order valence-corrected chi connectivity index (χ4v) is 9.72. The molecule has 1 aliphatic heterocycles. The molecule has 0 aromatic heterocycles. The van der Waals surface area contributed by atoms with E-state index in [0.29, 0.717) is 3.92 Å². The first-order valence-electron chi connectivity index (χ1n) is 8.77. The first-order valence-corrected chi connectivity index (χ1v) is 12.1. The SMILES string of the molecule is I[C@H]1CC[Si](c2ccccc2)(c2ccccc2)O[C@@H]1c1ccccc1. The fourth-order valence-electron chi connectivity index (χ4n) is 3.77. The molecule has 2 atom stereocenters. The van der Waals surface area contributed by atoms with Crippen molar-refractivity contribution in [2.45, 2.75) is 22.5 Å². The summed E-state index contributed by atoms with van der Waals surface area (Å²) in [6.07, 6.45) is 1.35. The topological polar surface area (TPSA) is 9.23 Å². The van der Waals surface area contributed by atoms with Crippen LogP contribution in [0.2, 0.25) is 6.04 Å². The summed E-state index contributed by atoms with van der Waals surface area (Å²) in [5.41, 5.74) is 1.30. The molecule has 25 heavy (non-hydrogen) atoms. The molecular formula is C22H21IOSi. The summed E-state index contributed by atoms with van der Waals surface area (Å²) in [4.78, 5) is 0. The van der Waals surface area contributed by atoms with Crippen molar-refractivity contribution >= 4 is 41.3 Å². The number of rotatable bonds is 3. The van der Waals surface area contributed by atoms with Gasteiger partial charge in [-0.3, -0.25) is 0 Å². The summed E-state index contributed by atoms with van der Waals surface area (Å²) in [5.74, 6) is 0. The van der Waals surface area contributed by atoms with Crippen LogP contribution in [0.15, 0.2) is 91.0 Å². The van der Waals surface area contributed by atoms with Crippen molar-refractivity contribution in [2.24, 2.45) is 0 Å². The Balaban J connectivity index is 1.82. The highest BCUT2D eigenvalue weighted by Crippen LogP contribution is 2.39. The smallest absolute Gasteiger partial charge is 0.256 e. The Kier molecular flexibility index (Phi) is 5.06. The lowest BCUT2D eigenvalue weighted by molar-refractivity contribution is 0.182. The van der Waals surface area contributed by atoms with Crippen LogP contribution in [0.4, 0.5) is 0 Å². The minimum Gasteiger partial charge on any atom is -0.400 e. The molecule has 3 aromatic rings. The van der Waals surface area contributed by atoms with E-state index < -0.39 is 8.32 Å². The number of benzene rings is 3. The van der Waals surface area contributed by atoms with E-state index in [1.165, 1.54) is 22.4 Å². The molecule has 0 amide bonds. The van der Waals surface area contributed by atoms with Gasteiger partial charge in [0.2, 0.25) is 0 Å². The summed E-state index contributed by atoms with van der Waals surface area (Å²) in [7, 11) is -2.23. The highest BCUT2D eigenvalue weighted by Gasteiger charge is 2.46. The summed E-state index contributed by atoms with van der Waals surface area (Å²) < 4.78 is 7.58. The average Bonchev–Trinajstić information content (AvgIpc) is 2.71.